The van der Waals surface area contributed by atoms with Crippen molar-refractivity contribution in [3.05, 3.63) is 71.0 Å². The first-order valence-corrected chi connectivity index (χ1v) is 10.8. The Morgan fingerprint density at radius 3 is 2.83 bits per heavy atom. The fraction of sp³-hybridized carbons (Fsp3) is 0.304. The second kappa shape index (κ2) is 9.17. The molecule has 1 aromatic carbocycles. The monoisotopic (exact) mass is 424 g/mol. The number of aryl methyl sites for hydroxylation is 1. The van der Waals surface area contributed by atoms with E-state index in [1.807, 2.05) is 48.2 Å². The summed E-state index contributed by atoms with van der Waals surface area (Å²) in [4.78, 5) is 27.9. The molecule has 1 unspecified atom stereocenters. The SMILES string of the molecule is Cc1cc(NC(=O)c2ccco2)sc1C(=O)N1CCCC(COc2ccccc2)C1. The van der Waals surface area contributed by atoms with Gasteiger partial charge >= 0.3 is 0 Å². The summed E-state index contributed by atoms with van der Waals surface area (Å²) < 4.78 is 11.0. The predicted octanol–water partition coefficient (Wildman–Crippen LogP) is 4.83. The molecule has 156 valence electrons. The third kappa shape index (κ3) is 4.74. The molecule has 30 heavy (non-hydrogen) atoms. The number of benzene rings is 1. The molecule has 0 radical (unpaired) electrons. The Morgan fingerprint density at radius 1 is 1.23 bits per heavy atom. The molecule has 4 rings (SSSR count). The van der Waals surface area contributed by atoms with Crippen molar-refractivity contribution in [1.29, 1.82) is 0 Å². The Kier molecular flexibility index (Phi) is 6.18. The van der Waals surface area contributed by atoms with Crippen molar-refractivity contribution in [3.63, 3.8) is 0 Å². The fourth-order valence-electron chi connectivity index (χ4n) is 3.60. The molecule has 0 saturated carbocycles. The second-order valence-corrected chi connectivity index (χ2v) is 8.49. The zero-order valence-electron chi connectivity index (χ0n) is 16.8. The third-order valence-electron chi connectivity index (χ3n) is 5.13. The van der Waals surface area contributed by atoms with Crippen molar-refractivity contribution < 1.29 is 18.7 Å². The van der Waals surface area contributed by atoms with Crippen molar-refractivity contribution in [1.82, 2.24) is 4.90 Å². The van der Waals surface area contributed by atoms with E-state index in [9.17, 15) is 9.59 Å². The summed E-state index contributed by atoms with van der Waals surface area (Å²) in [6.07, 6.45) is 3.46. The van der Waals surface area contributed by atoms with E-state index in [0.29, 0.717) is 28.9 Å². The van der Waals surface area contributed by atoms with E-state index in [4.69, 9.17) is 9.15 Å². The molecular formula is C23H24N2O4S. The third-order valence-corrected chi connectivity index (χ3v) is 6.27. The Labute approximate surface area is 179 Å². The first kappa shape index (κ1) is 20.2. The van der Waals surface area contributed by atoms with Crippen LogP contribution >= 0.6 is 11.3 Å². The van der Waals surface area contributed by atoms with Crippen LogP contribution in [0, 0.1) is 12.8 Å². The molecule has 6 nitrogen and oxygen atoms in total. The summed E-state index contributed by atoms with van der Waals surface area (Å²) in [5.74, 6) is 1.09. The largest absolute Gasteiger partial charge is 0.493 e. The molecule has 1 aliphatic rings. The number of ether oxygens (including phenoxy) is 1. The molecule has 1 saturated heterocycles. The maximum atomic E-state index is 13.1. The topological polar surface area (TPSA) is 71.8 Å². The van der Waals surface area contributed by atoms with Crippen LogP contribution in [0.15, 0.2) is 59.2 Å². The van der Waals surface area contributed by atoms with Crippen LogP contribution in [0.3, 0.4) is 0 Å². The van der Waals surface area contributed by atoms with Crippen LogP contribution in [0.25, 0.3) is 0 Å². The Hall–Kier alpha value is -3.06. The van der Waals surface area contributed by atoms with E-state index in [-0.39, 0.29) is 17.6 Å². The van der Waals surface area contributed by atoms with Gasteiger partial charge in [-0.25, -0.2) is 0 Å². The van der Waals surface area contributed by atoms with Gasteiger partial charge in [0.25, 0.3) is 11.8 Å². The number of para-hydroxylation sites is 1. The van der Waals surface area contributed by atoms with Crippen molar-refractivity contribution in [2.45, 2.75) is 19.8 Å². The fourth-order valence-corrected chi connectivity index (χ4v) is 4.63. The van der Waals surface area contributed by atoms with Gasteiger partial charge in [-0.3, -0.25) is 9.59 Å². The minimum absolute atomic E-state index is 0.0143. The lowest BCUT2D eigenvalue weighted by atomic mass is 9.98. The average molecular weight is 425 g/mol. The van der Waals surface area contributed by atoms with E-state index in [1.165, 1.54) is 17.6 Å². The molecule has 1 fully saturated rings. The first-order chi connectivity index (χ1) is 14.6. The highest BCUT2D eigenvalue weighted by Gasteiger charge is 2.27. The van der Waals surface area contributed by atoms with Crippen molar-refractivity contribution in [3.8, 4) is 5.75 Å². The molecule has 3 aromatic rings. The lowest BCUT2D eigenvalue weighted by Crippen LogP contribution is -2.41. The molecule has 0 spiro atoms. The van der Waals surface area contributed by atoms with Gasteiger partial charge in [-0.1, -0.05) is 18.2 Å². The quantitative estimate of drug-likeness (QED) is 0.615. The lowest BCUT2D eigenvalue weighted by Gasteiger charge is -2.32. The highest BCUT2D eigenvalue weighted by molar-refractivity contribution is 7.18. The number of rotatable bonds is 6. The zero-order valence-corrected chi connectivity index (χ0v) is 17.6. The number of nitrogens with one attached hydrogen (secondary N) is 1. The molecule has 3 heterocycles. The Balaban J connectivity index is 1.37. The van der Waals surface area contributed by atoms with Gasteiger partial charge in [0.05, 0.1) is 22.7 Å². The molecule has 7 heteroatoms. The van der Waals surface area contributed by atoms with E-state index in [2.05, 4.69) is 5.32 Å². The van der Waals surface area contributed by atoms with E-state index >= 15 is 0 Å². The number of nitrogens with zero attached hydrogens (tertiary/aromatic N) is 1. The van der Waals surface area contributed by atoms with Crippen LogP contribution < -0.4 is 10.1 Å². The number of carbonyl (C=O) groups is 2. The van der Waals surface area contributed by atoms with Gasteiger partial charge in [0, 0.05) is 19.0 Å². The number of hydrogen-bond donors (Lipinski definition) is 1. The summed E-state index contributed by atoms with van der Waals surface area (Å²) >= 11 is 1.30. The van der Waals surface area contributed by atoms with Crippen LogP contribution in [0.5, 0.6) is 5.75 Å². The molecular weight excluding hydrogens is 400 g/mol. The number of hydrogen-bond acceptors (Lipinski definition) is 5. The van der Waals surface area contributed by atoms with Crippen molar-refractivity contribution in [2.24, 2.45) is 5.92 Å². The molecule has 1 atom stereocenters. The molecule has 0 bridgehead atoms. The van der Waals surface area contributed by atoms with Gasteiger partial charge in [0.1, 0.15) is 5.75 Å². The van der Waals surface area contributed by atoms with Crippen LogP contribution in [0.1, 0.15) is 38.6 Å². The molecule has 1 aliphatic heterocycles. The van der Waals surface area contributed by atoms with Crippen LogP contribution in [-0.2, 0) is 0 Å². The minimum Gasteiger partial charge on any atom is -0.493 e. The zero-order chi connectivity index (χ0) is 20.9. The van der Waals surface area contributed by atoms with Crippen LogP contribution in [-0.4, -0.2) is 36.4 Å². The number of anilines is 1. The van der Waals surface area contributed by atoms with E-state index < -0.39 is 0 Å². The predicted molar refractivity (Wildman–Crippen MR) is 116 cm³/mol. The summed E-state index contributed by atoms with van der Waals surface area (Å²) in [7, 11) is 0. The standard InChI is InChI=1S/C23H24N2O4S/c1-16-13-20(24-22(26)19-10-6-12-28-19)30-21(16)23(27)25-11-5-7-17(14-25)15-29-18-8-3-2-4-9-18/h2-4,6,8-10,12-13,17H,5,7,11,14-15H2,1H3,(H,24,26). The van der Waals surface area contributed by atoms with Gasteiger partial charge in [-0.05, 0) is 55.7 Å². The Morgan fingerprint density at radius 2 is 2.07 bits per heavy atom. The normalized spacial score (nSPS) is 16.3. The maximum absolute atomic E-state index is 13.1. The number of furan rings is 1. The van der Waals surface area contributed by atoms with Gasteiger partial charge in [-0.15, -0.1) is 11.3 Å². The summed E-state index contributed by atoms with van der Waals surface area (Å²) in [5, 5.41) is 3.44. The molecule has 0 aliphatic carbocycles. The molecule has 2 aromatic heterocycles. The highest BCUT2D eigenvalue weighted by atomic mass is 32.1. The number of carbonyl (C=O) groups excluding carboxylic acids is 2. The number of likely N-dealkylation sites (tertiary alicyclic amines) is 1. The number of thiophene rings is 1. The Bertz CT molecular complexity index is 998. The number of piperidine rings is 1. The minimum atomic E-state index is -0.323. The van der Waals surface area contributed by atoms with E-state index in [0.717, 1.165) is 30.7 Å². The summed E-state index contributed by atoms with van der Waals surface area (Å²) in [6.45, 7) is 3.91. The van der Waals surface area contributed by atoms with Crippen LogP contribution in [0.2, 0.25) is 0 Å². The summed E-state index contributed by atoms with van der Waals surface area (Å²) in [5.41, 5.74) is 0.863. The average Bonchev–Trinajstić information content (AvgIpc) is 3.43. The number of amides is 2. The van der Waals surface area contributed by atoms with Gasteiger partial charge < -0.3 is 19.4 Å². The van der Waals surface area contributed by atoms with Gasteiger partial charge in [0.2, 0.25) is 0 Å². The first-order valence-electron chi connectivity index (χ1n) is 10.0. The maximum Gasteiger partial charge on any atom is 0.291 e. The van der Waals surface area contributed by atoms with Gasteiger partial charge in [-0.2, -0.15) is 0 Å². The smallest absolute Gasteiger partial charge is 0.291 e. The van der Waals surface area contributed by atoms with Crippen molar-refractivity contribution in [2.75, 3.05) is 25.0 Å². The van der Waals surface area contributed by atoms with Crippen molar-refractivity contribution >= 4 is 28.2 Å². The lowest BCUT2D eigenvalue weighted by molar-refractivity contribution is 0.0637. The molecule has 2 amide bonds. The second-order valence-electron chi connectivity index (χ2n) is 7.44. The highest BCUT2D eigenvalue weighted by Crippen LogP contribution is 2.30. The van der Waals surface area contributed by atoms with Gasteiger partial charge in [0.15, 0.2) is 5.76 Å². The van der Waals surface area contributed by atoms with E-state index in [1.54, 1.807) is 12.1 Å². The molecule has 1 N–H and O–H groups in total. The van der Waals surface area contributed by atoms with Crippen LogP contribution in [0.4, 0.5) is 5.00 Å². The summed E-state index contributed by atoms with van der Waals surface area (Å²) in [6, 6.07) is 14.9.